The molecule has 2 aromatic carbocycles. The Hall–Kier alpha value is -3.39. The lowest BCUT2D eigenvalue weighted by Gasteiger charge is -2.29. The molecule has 2 aliphatic heterocycles. The van der Waals surface area contributed by atoms with Crippen LogP contribution in [0.15, 0.2) is 36.4 Å². The molecule has 172 valence electrons. The Morgan fingerprint density at radius 3 is 2.73 bits per heavy atom. The van der Waals surface area contributed by atoms with Crippen molar-refractivity contribution in [2.45, 2.75) is 32.1 Å². The number of phenolic OH excluding ortho intramolecular Hbond substituents is 1. The van der Waals surface area contributed by atoms with Crippen LogP contribution < -0.4 is 15.4 Å². The summed E-state index contributed by atoms with van der Waals surface area (Å²) in [4.78, 5) is 26.3. The van der Waals surface area contributed by atoms with Crippen molar-refractivity contribution in [2.24, 2.45) is 0 Å². The summed E-state index contributed by atoms with van der Waals surface area (Å²) < 4.78 is 5.78. The third-order valence-electron chi connectivity index (χ3n) is 6.47. The molecular weight excluding hydrogens is 418 g/mol. The van der Waals surface area contributed by atoms with Gasteiger partial charge in [-0.05, 0) is 50.2 Å². The fourth-order valence-corrected chi connectivity index (χ4v) is 4.78. The van der Waals surface area contributed by atoms with Crippen molar-refractivity contribution in [1.82, 2.24) is 14.9 Å². The predicted octanol–water partition coefficient (Wildman–Crippen LogP) is 3.38. The number of hydrogen-bond acceptors (Lipinski definition) is 7. The maximum atomic E-state index is 13.4. The van der Waals surface area contributed by atoms with Crippen LogP contribution in [0.5, 0.6) is 11.8 Å². The molecule has 0 saturated carbocycles. The van der Waals surface area contributed by atoms with Gasteiger partial charge in [0.15, 0.2) is 0 Å². The summed E-state index contributed by atoms with van der Waals surface area (Å²) in [6.45, 7) is 4.19. The van der Waals surface area contributed by atoms with Gasteiger partial charge in [0, 0.05) is 30.1 Å². The highest BCUT2D eigenvalue weighted by Crippen LogP contribution is 2.35. The Balaban J connectivity index is 1.34. The second-order valence-corrected chi connectivity index (χ2v) is 8.72. The number of anilines is 2. The zero-order chi connectivity index (χ0) is 22.8. The summed E-state index contributed by atoms with van der Waals surface area (Å²) in [7, 11) is 0. The van der Waals surface area contributed by atoms with Crippen molar-refractivity contribution in [3.63, 3.8) is 0 Å². The summed E-state index contributed by atoms with van der Waals surface area (Å²) in [6.07, 6.45) is 5.25. The molecule has 0 radical (unpaired) electrons. The monoisotopic (exact) mass is 447 g/mol. The second kappa shape index (κ2) is 9.23. The number of carbonyl (C=O) groups excluding carboxylic acids is 1. The van der Waals surface area contributed by atoms with Crippen molar-refractivity contribution >= 4 is 28.2 Å². The van der Waals surface area contributed by atoms with Gasteiger partial charge in [0.05, 0.1) is 12.3 Å². The summed E-state index contributed by atoms with van der Waals surface area (Å²) in [6, 6.07) is 11.1. The van der Waals surface area contributed by atoms with Crippen LogP contribution >= 0.6 is 0 Å². The third-order valence-corrected chi connectivity index (χ3v) is 6.47. The van der Waals surface area contributed by atoms with Crippen LogP contribution in [-0.2, 0) is 6.42 Å². The molecule has 3 heterocycles. The molecule has 1 aromatic heterocycles. The number of nitrogen functional groups attached to an aromatic ring is 1. The topological polar surface area (TPSA) is 105 Å². The van der Waals surface area contributed by atoms with Crippen LogP contribution in [-0.4, -0.2) is 58.7 Å². The fraction of sp³-hybridized carbons (Fsp3) is 0.400. The Morgan fingerprint density at radius 2 is 1.88 bits per heavy atom. The molecule has 8 nitrogen and oxygen atoms in total. The lowest BCUT2D eigenvalue weighted by Crippen LogP contribution is -2.39. The van der Waals surface area contributed by atoms with Crippen LogP contribution in [0.3, 0.4) is 0 Å². The van der Waals surface area contributed by atoms with Crippen molar-refractivity contribution in [3.05, 3.63) is 47.7 Å². The average molecular weight is 448 g/mol. The number of hydrogen-bond donors (Lipinski definition) is 2. The molecule has 2 aliphatic rings. The molecule has 0 atom stereocenters. The number of nitrogens with two attached hydrogens (primary N) is 1. The van der Waals surface area contributed by atoms with Gasteiger partial charge < -0.3 is 25.4 Å². The first-order valence-corrected chi connectivity index (χ1v) is 11.7. The van der Waals surface area contributed by atoms with Crippen LogP contribution in [0.4, 0.5) is 11.5 Å². The number of fused-ring (bicyclic) bond motifs is 2. The van der Waals surface area contributed by atoms with E-state index in [0.717, 1.165) is 36.8 Å². The minimum Gasteiger partial charge on any atom is -0.508 e. The van der Waals surface area contributed by atoms with Crippen molar-refractivity contribution in [2.75, 3.05) is 43.4 Å². The van der Waals surface area contributed by atoms with Gasteiger partial charge in [-0.15, -0.1) is 0 Å². The lowest BCUT2D eigenvalue weighted by molar-refractivity contribution is 0.0974. The SMILES string of the molecule is Nc1nc(OCCCN2CCCCC2)nc2c1CCN(c1cc(O)cc3ccccc13)C2=O. The molecule has 3 aromatic rings. The largest absolute Gasteiger partial charge is 0.508 e. The summed E-state index contributed by atoms with van der Waals surface area (Å²) in [5.41, 5.74) is 7.75. The van der Waals surface area contributed by atoms with E-state index in [4.69, 9.17) is 10.5 Å². The minimum absolute atomic E-state index is 0.113. The van der Waals surface area contributed by atoms with Gasteiger partial charge in [0.25, 0.3) is 5.91 Å². The Kier molecular flexibility index (Phi) is 6.00. The summed E-state index contributed by atoms with van der Waals surface area (Å²) in [5, 5.41) is 12.0. The number of ether oxygens (including phenoxy) is 1. The zero-order valence-electron chi connectivity index (χ0n) is 18.7. The van der Waals surface area contributed by atoms with E-state index in [1.54, 1.807) is 17.0 Å². The summed E-state index contributed by atoms with van der Waals surface area (Å²) >= 11 is 0. The maximum Gasteiger partial charge on any atom is 0.319 e. The van der Waals surface area contributed by atoms with Gasteiger partial charge in [-0.25, -0.2) is 0 Å². The molecule has 0 unspecified atom stereocenters. The highest BCUT2D eigenvalue weighted by atomic mass is 16.5. The molecule has 0 bridgehead atoms. The number of phenols is 1. The summed E-state index contributed by atoms with van der Waals surface area (Å²) in [5.74, 6) is 0.140. The smallest absolute Gasteiger partial charge is 0.319 e. The maximum absolute atomic E-state index is 13.4. The number of amides is 1. The van der Waals surface area contributed by atoms with Gasteiger partial charge in [0.2, 0.25) is 0 Å². The number of nitrogens with zero attached hydrogens (tertiary/aromatic N) is 4. The molecule has 3 N–H and O–H groups in total. The Bertz CT molecular complexity index is 1180. The molecule has 1 fully saturated rings. The minimum atomic E-state index is -0.265. The zero-order valence-corrected chi connectivity index (χ0v) is 18.7. The average Bonchev–Trinajstić information content (AvgIpc) is 2.83. The second-order valence-electron chi connectivity index (χ2n) is 8.72. The van der Waals surface area contributed by atoms with Crippen molar-refractivity contribution < 1.29 is 14.6 Å². The Morgan fingerprint density at radius 1 is 1.06 bits per heavy atom. The van der Waals surface area contributed by atoms with Crippen LogP contribution in [0.2, 0.25) is 0 Å². The van der Waals surface area contributed by atoms with E-state index in [1.165, 1.54) is 19.3 Å². The molecule has 0 spiro atoms. The number of benzene rings is 2. The fourth-order valence-electron chi connectivity index (χ4n) is 4.78. The van der Waals surface area contributed by atoms with Crippen molar-refractivity contribution in [3.8, 4) is 11.8 Å². The number of rotatable bonds is 6. The first kappa shape index (κ1) is 21.5. The van der Waals surface area contributed by atoms with E-state index in [9.17, 15) is 9.90 Å². The van der Waals surface area contributed by atoms with Crippen LogP contribution in [0.1, 0.15) is 41.7 Å². The molecule has 0 aliphatic carbocycles. The molecule has 33 heavy (non-hydrogen) atoms. The highest BCUT2D eigenvalue weighted by molar-refractivity contribution is 6.12. The normalized spacial score (nSPS) is 16.7. The molecule has 8 heteroatoms. The van der Waals surface area contributed by atoms with Gasteiger partial charge in [-0.1, -0.05) is 30.7 Å². The molecular formula is C25H29N5O3. The van der Waals surface area contributed by atoms with E-state index < -0.39 is 0 Å². The van der Waals surface area contributed by atoms with Crippen molar-refractivity contribution in [1.29, 1.82) is 0 Å². The predicted molar refractivity (Wildman–Crippen MR) is 128 cm³/mol. The number of likely N-dealkylation sites (tertiary alicyclic amines) is 1. The number of aromatic nitrogens is 2. The van der Waals surface area contributed by atoms with Gasteiger partial charge in [-0.2, -0.15) is 9.97 Å². The number of aromatic hydroxyl groups is 1. The highest BCUT2D eigenvalue weighted by Gasteiger charge is 2.31. The van der Waals surface area contributed by atoms with Gasteiger partial charge in [0.1, 0.15) is 17.3 Å². The van der Waals surface area contributed by atoms with Gasteiger partial charge >= 0.3 is 6.01 Å². The Labute approximate surface area is 193 Å². The van der Waals surface area contributed by atoms with Crippen LogP contribution in [0.25, 0.3) is 10.8 Å². The quantitative estimate of drug-likeness (QED) is 0.558. The van der Waals surface area contributed by atoms with E-state index in [-0.39, 0.29) is 23.4 Å². The first-order valence-electron chi connectivity index (χ1n) is 11.7. The van der Waals surface area contributed by atoms with E-state index in [2.05, 4.69) is 14.9 Å². The number of piperidine rings is 1. The molecule has 1 saturated heterocycles. The van der Waals surface area contributed by atoms with Crippen LogP contribution in [0, 0.1) is 0 Å². The van der Waals surface area contributed by atoms with E-state index in [0.29, 0.717) is 36.6 Å². The van der Waals surface area contributed by atoms with E-state index in [1.807, 2.05) is 24.3 Å². The molecule has 5 rings (SSSR count). The standard InChI is InChI=1S/C25H29N5O3/c26-23-20-9-13-30(21-16-18(31)15-17-7-2-3-8-19(17)21)24(32)22(20)27-25(28-23)33-14-6-12-29-10-4-1-5-11-29/h2-3,7-8,15-16,31H,1,4-6,9-14H2,(H2,26,27,28). The first-order chi connectivity index (χ1) is 16.1. The molecule has 1 amide bonds. The third kappa shape index (κ3) is 4.43. The van der Waals surface area contributed by atoms with Gasteiger partial charge in [-0.3, -0.25) is 4.79 Å². The van der Waals surface area contributed by atoms with E-state index >= 15 is 0 Å². The lowest BCUT2D eigenvalue weighted by atomic mass is 10.0. The number of carbonyl (C=O) groups is 1.